The normalized spacial score (nSPS) is 12.2. The molecule has 0 aromatic carbocycles. The lowest BCUT2D eigenvalue weighted by atomic mass is 10.2. The molecule has 13 heavy (non-hydrogen) atoms. The van der Waals surface area contributed by atoms with Crippen molar-refractivity contribution in [3.05, 3.63) is 0 Å². The van der Waals surface area contributed by atoms with E-state index in [9.17, 15) is 9.59 Å². The van der Waals surface area contributed by atoms with Crippen LogP contribution < -0.4 is 5.32 Å². The molecule has 3 N–H and O–H groups in total. The molecule has 0 heterocycles. The molecule has 6 heteroatoms. The second kappa shape index (κ2) is 6.73. The number of carboxylic acids is 1. The number of nitrogens with one attached hydrogen (secondary N) is 1. The number of hydrogen-bond acceptors (Lipinski definition) is 4. The minimum atomic E-state index is -1.12. The summed E-state index contributed by atoms with van der Waals surface area (Å²) in [4.78, 5) is 21.5. The average Bonchev–Trinajstić information content (AvgIpc) is 2.04. The Kier molecular flexibility index (Phi) is 6.34. The summed E-state index contributed by atoms with van der Waals surface area (Å²) < 4.78 is 0. The molecule has 0 aromatic rings. The Morgan fingerprint density at radius 2 is 2.15 bits per heavy atom. The lowest BCUT2D eigenvalue weighted by molar-refractivity contribution is -0.141. The molecule has 0 spiro atoms. The number of carbonyl (C=O) groups is 2. The summed E-state index contributed by atoms with van der Waals surface area (Å²) in [5.41, 5.74) is 0. The van der Waals surface area contributed by atoms with Gasteiger partial charge in [-0.15, -0.1) is 0 Å². The van der Waals surface area contributed by atoms with Gasteiger partial charge in [0.25, 0.3) is 0 Å². The molecule has 0 saturated carbocycles. The predicted octanol–water partition coefficient (Wildman–Crippen LogP) is -0.699. The van der Waals surface area contributed by atoms with Crippen LogP contribution in [0.25, 0.3) is 0 Å². The van der Waals surface area contributed by atoms with Crippen molar-refractivity contribution < 1.29 is 19.8 Å². The Balaban J connectivity index is 3.94. The van der Waals surface area contributed by atoms with E-state index in [1.807, 2.05) is 0 Å². The SMILES string of the molecule is CSCC(=O)N[C@H](CCO)C(=O)O. The van der Waals surface area contributed by atoms with Gasteiger partial charge in [0, 0.05) is 13.0 Å². The number of amides is 1. The monoisotopic (exact) mass is 207 g/mol. The largest absolute Gasteiger partial charge is 0.480 e. The van der Waals surface area contributed by atoms with Crippen LogP contribution in [0.5, 0.6) is 0 Å². The zero-order chi connectivity index (χ0) is 10.3. The van der Waals surface area contributed by atoms with Crippen LogP contribution >= 0.6 is 11.8 Å². The van der Waals surface area contributed by atoms with E-state index in [2.05, 4.69) is 5.32 Å². The average molecular weight is 207 g/mol. The van der Waals surface area contributed by atoms with Crippen molar-refractivity contribution in [3.8, 4) is 0 Å². The summed E-state index contributed by atoms with van der Waals surface area (Å²) in [6, 6.07) is -0.982. The molecular formula is C7H13NO4S. The molecule has 0 radical (unpaired) electrons. The van der Waals surface area contributed by atoms with Crippen molar-refractivity contribution in [2.24, 2.45) is 0 Å². The van der Waals surface area contributed by atoms with Gasteiger partial charge in [-0.3, -0.25) is 4.79 Å². The van der Waals surface area contributed by atoms with Gasteiger partial charge in [-0.2, -0.15) is 11.8 Å². The summed E-state index contributed by atoms with van der Waals surface area (Å²) in [5, 5.41) is 19.4. The second-order valence-corrected chi connectivity index (χ2v) is 3.27. The van der Waals surface area contributed by atoms with Crippen molar-refractivity contribution >= 4 is 23.6 Å². The van der Waals surface area contributed by atoms with E-state index >= 15 is 0 Å². The molecule has 0 saturated heterocycles. The quantitative estimate of drug-likeness (QED) is 0.536. The standard InChI is InChI=1S/C7H13NO4S/c1-13-4-6(10)8-5(2-3-9)7(11)12/h5,9H,2-4H2,1H3,(H,8,10)(H,11,12)/t5-/m1/s1. The number of aliphatic hydroxyl groups is 1. The van der Waals surface area contributed by atoms with Crippen molar-refractivity contribution in [3.63, 3.8) is 0 Å². The molecule has 5 nitrogen and oxygen atoms in total. The van der Waals surface area contributed by atoms with Crippen LogP contribution in [-0.2, 0) is 9.59 Å². The van der Waals surface area contributed by atoms with E-state index in [0.717, 1.165) is 0 Å². The summed E-state index contributed by atoms with van der Waals surface area (Å²) in [6.45, 7) is -0.253. The minimum absolute atomic E-state index is 0.0372. The third-order valence-corrected chi connectivity index (χ3v) is 1.88. The van der Waals surface area contributed by atoms with Crippen molar-refractivity contribution in [2.45, 2.75) is 12.5 Å². The van der Waals surface area contributed by atoms with Gasteiger partial charge in [0.1, 0.15) is 6.04 Å². The molecule has 1 amide bonds. The minimum Gasteiger partial charge on any atom is -0.480 e. The Bertz CT molecular complexity index is 185. The number of carboxylic acid groups (broad SMARTS) is 1. The van der Waals surface area contributed by atoms with E-state index in [1.54, 1.807) is 6.26 Å². The first-order valence-corrected chi connectivity index (χ1v) is 5.13. The van der Waals surface area contributed by atoms with Crippen LogP contribution in [-0.4, -0.2) is 46.7 Å². The first-order chi connectivity index (χ1) is 6.11. The van der Waals surface area contributed by atoms with Crippen LogP contribution in [0, 0.1) is 0 Å². The molecule has 0 aliphatic heterocycles. The second-order valence-electron chi connectivity index (χ2n) is 2.40. The summed E-state index contributed by atoms with van der Waals surface area (Å²) in [7, 11) is 0. The smallest absolute Gasteiger partial charge is 0.326 e. The molecule has 0 aliphatic carbocycles. The molecule has 0 fully saturated rings. The number of carbonyl (C=O) groups excluding carboxylic acids is 1. The lowest BCUT2D eigenvalue weighted by Gasteiger charge is -2.12. The van der Waals surface area contributed by atoms with E-state index in [1.165, 1.54) is 11.8 Å². The third kappa shape index (κ3) is 5.48. The van der Waals surface area contributed by atoms with Gasteiger partial charge in [-0.05, 0) is 6.26 Å². The Hall–Kier alpha value is -0.750. The predicted molar refractivity (Wildman–Crippen MR) is 49.7 cm³/mol. The third-order valence-electron chi connectivity index (χ3n) is 1.33. The zero-order valence-electron chi connectivity index (χ0n) is 7.32. The van der Waals surface area contributed by atoms with E-state index < -0.39 is 12.0 Å². The van der Waals surface area contributed by atoms with Gasteiger partial charge in [0.2, 0.25) is 5.91 Å². The van der Waals surface area contributed by atoms with E-state index in [-0.39, 0.29) is 24.7 Å². The van der Waals surface area contributed by atoms with Crippen molar-refractivity contribution in [2.75, 3.05) is 18.6 Å². The first-order valence-electron chi connectivity index (χ1n) is 3.73. The van der Waals surface area contributed by atoms with Crippen LogP contribution in [0.2, 0.25) is 0 Å². The highest BCUT2D eigenvalue weighted by molar-refractivity contribution is 7.99. The highest BCUT2D eigenvalue weighted by Gasteiger charge is 2.18. The zero-order valence-corrected chi connectivity index (χ0v) is 8.13. The van der Waals surface area contributed by atoms with Crippen LogP contribution in [0.4, 0.5) is 0 Å². The summed E-state index contributed by atoms with van der Waals surface area (Å²) >= 11 is 1.31. The molecule has 0 aromatic heterocycles. The van der Waals surface area contributed by atoms with Gasteiger partial charge < -0.3 is 15.5 Å². The topological polar surface area (TPSA) is 86.6 Å². The molecular weight excluding hydrogens is 194 g/mol. The summed E-state index contributed by atoms with van der Waals surface area (Å²) in [6.07, 6.45) is 1.79. The Labute approximate surface area is 80.5 Å². The molecule has 0 rings (SSSR count). The van der Waals surface area contributed by atoms with Gasteiger partial charge >= 0.3 is 5.97 Å². The van der Waals surface area contributed by atoms with Crippen LogP contribution in [0.15, 0.2) is 0 Å². The fraction of sp³-hybridized carbons (Fsp3) is 0.714. The fourth-order valence-corrected chi connectivity index (χ4v) is 1.10. The van der Waals surface area contributed by atoms with Crippen molar-refractivity contribution in [1.29, 1.82) is 0 Å². The van der Waals surface area contributed by atoms with Gasteiger partial charge in [-0.25, -0.2) is 4.79 Å². The Morgan fingerprint density at radius 1 is 1.54 bits per heavy atom. The molecule has 0 bridgehead atoms. The molecule has 76 valence electrons. The van der Waals surface area contributed by atoms with Gasteiger partial charge in [0.05, 0.1) is 5.75 Å². The van der Waals surface area contributed by atoms with E-state index in [4.69, 9.17) is 10.2 Å². The number of rotatable bonds is 6. The van der Waals surface area contributed by atoms with Gasteiger partial charge in [-0.1, -0.05) is 0 Å². The molecule has 1 atom stereocenters. The molecule has 0 unspecified atom stereocenters. The maximum atomic E-state index is 11.0. The lowest BCUT2D eigenvalue weighted by Crippen LogP contribution is -2.42. The molecule has 0 aliphatic rings. The number of hydrogen-bond donors (Lipinski definition) is 3. The number of aliphatic carboxylic acids is 1. The highest BCUT2D eigenvalue weighted by atomic mass is 32.2. The maximum Gasteiger partial charge on any atom is 0.326 e. The van der Waals surface area contributed by atoms with Gasteiger partial charge in [0.15, 0.2) is 0 Å². The maximum absolute atomic E-state index is 11.0. The summed E-state index contributed by atoms with van der Waals surface area (Å²) in [5.74, 6) is -1.22. The van der Waals surface area contributed by atoms with Crippen molar-refractivity contribution in [1.82, 2.24) is 5.32 Å². The number of aliphatic hydroxyl groups excluding tert-OH is 1. The number of thioether (sulfide) groups is 1. The fourth-order valence-electron chi connectivity index (χ4n) is 0.754. The van der Waals surface area contributed by atoms with Crippen LogP contribution in [0.3, 0.4) is 0 Å². The first kappa shape index (κ1) is 12.2. The Morgan fingerprint density at radius 3 is 2.54 bits per heavy atom. The highest BCUT2D eigenvalue weighted by Crippen LogP contribution is 1.94. The van der Waals surface area contributed by atoms with Crippen LogP contribution in [0.1, 0.15) is 6.42 Å². The van der Waals surface area contributed by atoms with E-state index in [0.29, 0.717) is 0 Å².